The molecule has 2 aromatic rings. The quantitative estimate of drug-likeness (QED) is 0.367. The van der Waals surface area contributed by atoms with Crippen LogP contribution in [0.1, 0.15) is 57.1 Å². The Hall–Kier alpha value is -3.38. The van der Waals surface area contributed by atoms with E-state index >= 15 is 4.39 Å². The average molecular weight is 549 g/mol. The van der Waals surface area contributed by atoms with Crippen LogP contribution < -0.4 is 16.0 Å². The Morgan fingerprint density at radius 2 is 1.92 bits per heavy atom. The van der Waals surface area contributed by atoms with E-state index < -0.39 is 17.8 Å². The van der Waals surface area contributed by atoms with E-state index in [4.69, 9.17) is 11.1 Å². The fraction of sp³-hybridized carbons (Fsp3) is 0.615. The summed E-state index contributed by atoms with van der Waals surface area (Å²) in [5, 5.41) is 15.7. The fourth-order valence-electron chi connectivity index (χ4n) is 5.98. The molecule has 4 N–H and O–H groups in total. The molecule has 2 aromatic heterocycles. The Kier molecular flexibility index (Phi) is 6.03. The van der Waals surface area contributed by atoms with Gasteiger partial charge in [-0.05, 0) is 57.4 Å². The predicted molar refractivity (Wildman–Crippen MR) is 138 cm³/mol. The number of carbonyl (C=O) groups excluding carboxylic acids is 1. The number of carbonyl (C=O) groups is 1. The molecule has 0 radical (unpaired) electrons. The third kappa shape index (κ3) is 4.59. The maximum Gasteiger partial charge on any atom is 0.395 e. The second kappa shape index (κ2) is 9.09. The lowest BCUT2D eigenvalue weighted by Crippen LogP contribution is -2.53. The Balaban J connectivity index is 1.30. The molecular weight excluding hydrogens is 516 g/mol. The van der Waals surface area contributed by atoms with Gasteiger partial charge in [0.2, 0.25) is 0 Å². The first-order chi connectivity index (χ1) is 18.5. The summed E-state index contributed by atoms with van der Waals surface area (Å²) >= 11 is 0. The van der Waals surface area contributed by atoms with Crippen LogP contribution in [-0.4, -0.2) is 68.9 Å². The Bertz CT molecular complexity index is 1340. The largest absolute Gasteiger partial charge is 0.395 e. The van der Waals surface area contributed by atoms with Crippen LogP contribution in [0, 0.1) is 11.3 Å². The number of piperidine rings is 1. The molecule has 2 aliphatic heterocycles. The van der Waals surface area contributed by atoms with E-state index in [1.165, 1.54) is 15.8 Å². The number of rotatable bonds is 6. The molecule has 1 spiro atoms. The first kappa shape index (κ1) is 25.9. The maximum atomic E-state index is 15.1. The Morgan fingerprint density at radius 3 is 2.54 bits per heavy atom. The predicted octanol–water partition coefficient (Wildman–Crippen LogP) is 4.33. The van der Waals surface area contributed by atoms with Crippen LogP contribution in [0.2, 0.25) is 0 Å². The monoisotopic (exact) mass is 548 g/mol. The van der Waals surface area contributed by atoms with Crippen molar-refractivity contribution in [2.24, 2.45) is 11.7 Å². The van der Waals surface area contributed by atoms with Gasteiger partial charge in [0.15, 0.2) is 5.82 Å². The summed E-state index contributed by atoms with van der Waals surface area (Å²) in [6, 6.07) is 1.30. The van der Waals surface area contributed by atoms with Crippen molar-refractivity contribution in [3.8, 4) is 0 Å². The normalized spacial score (nSPS) is 22.8. The SMILES string of the molecule is N=C/C(NC(=O)N1CCCCC12CC2)=C(\N)c1cc2c(cn1)c(N1CC(C(F)(F)F)C1)nn2CC1(F)CCC1. The van der Waals surface area contributed by atoms with Gasteiger partial charge in [0.1, 0.15) is 5.67 Å². The van der Waals surface area contributed by atoms with Crippen molar-refractivity contribution >= 4 is 34.7 Å². The topological polar surface area (TPSA) is 116 Å². The molecule has 9 nitrogen and oxygen atoms in total. The molecule has 4 fully saturated rings. The summed E-state index contributed by atoms with van der Waals surface area (Å²) in [7, 11) is 0. The van der Waals surface area contributed by atoms with Crippen LogP contribution in [0.15, 0.2) is 18.0 Å². The lowest BCUT2D eigenvalue weighted by molar-refractivity contribution is -0.180. The number of hydrogen-bond donors (Lipinski definition) is 3. The van der Waals surface area contributed by atoms with Crippen LogP contribution in [0.5, 0.6) is 0 Å². The fourth-order valence-corrected chi connectivity index (χ4v) is 5.98. The summed E-state index contributed by atoms with van der Waals surface area (Å²) in [6.07, 6.45) is 4.65. The number of likely N-dealkylation sites (tertiary alicyclic amines) is 1. The number of allylic oxidation sites excluding steroid dienone is 1. The highest BCUT2D eigenvalue weighted by molar-refractivity contribution is 5.96. The van der Waals surface area contributed by atoms with Crippen molar-refractivity contribution in [3.05, 3.63) is 23.7 Å². The number of aromatic nitrogens is 3. The van der Waals surface area contributed by atoms with E-state index in [0.717, 1.165) is 44.7 Å². The third-order valence-electron chi connectivity index (χ3n) is 8.81. The molecule has 0 atom stereocenters. The molecule has 0 bridgehead atoms. The number of nitrogens with zero attached hydrogens (tertiary/aromatic N) is 5. The van der Waals surface area contributed by atoms with E-state index in [-0.39, 0.29) is 48.3 Å². The smallest absolute Gasteiger partial charge is 0.395 e. The number of fused-ring (bicyclic) bond motifs is 1. The van der Waals surface area contributed by atoms with Crippen molar-refractivity contribution in [2.75, 3.05) is 24.5 Å². The second-order valence-corrected chi connectivity index (χ2v) is 11.5. The summed E-state index contributed by atoms with van der Waals surface area (Å²) in [4.78, 5) is 20.9. The molecule has 2 saturated carbocycles. The van der Waals surface area contributed by atoms with Crippen LogP contribution >= 0.6 is 0 Å². The number of pyridine rings is 1. The number of hydrogen-bond acceptors (Lipinski definition) is 6. The van der Waals surface area contributed by atoms with Crippen LogP contribution in [0.3, 0.4) is 0 Å². The van der Waals surface area contributed by atoms with Crippen molar-refractivity contribution in [1.82, 2.24) is 25.0 Å². The first-order valence-corrected chi connectivity index (χ1v) is 13.5. The number of amides is 2. The van der Waals surface area contributed by atoms with Crippen molar-refractivity contribution in [3.63, 3.8) is 0 Å². The van der Waals surface area contributed by atoms with Crippen molar-refractivity contribution in [2.45, 2.75) is 75.3 Å². The van der Waals surface area contributed by atoms with Gasteiger partial charge in [-0.15, -0.1) is 0 Å². The average Bonchev–Trinajstić information content (AvgIpc) is 3.53. The lowest BCUT2D eigenvalue weighted by atomic mass is 9.82. The van der Waals surface area contributed by atoms with E-state index in [9.17, 15) is 18.0 Å². The van der Waals surface area contributed by atoms with Crippen LogP contribution in [0.25, 0.3) is 16.6 Å². The lowest BCUT2D eigenvalue weighted by Gasteiger charge is -2.40. The zero-order valence-electron chi connectivity index (χ0n) is 21.5. The molecule has 6 rings (SSSR count). The summed E-state index contributed by atoms with van der Waals surface area (Å²) < 4.78 is 55.9. The number of alkyl halides is 4. The van der Waals surface area contributed by atoms with E-state index in [0.29, 0.717) is 36.1 Å². The number of urea groups is 1. The Labute approximate surface area is 222 Å². The van der Waals surface area contributed by atoms with Gasteiger partial charge in [-0.25, -0.2) is 9.18 Å². The van der Waals surface area contributed by atoms with Crippen molar-refractivity contribution < 1.29 is 22.4 Å². The maximum absolute atomic E-state index is 15.1. The van der Waals surface area contributed by atoms with Gasteiger partial charge in [0, 0.05) is 37.6 Å². The highest BCUT2D eigenvalue weighted by atomic mass is 19.4. The number of halogens is 4. The van der Waals surface area contributed by atoms with Gasteiger partial charge >= 0.3 is 12.2 Å². The standard InChI is InChI=1S/C26H32F4N8O/c27-24(4-3-5-24)15-38-20-10-18(33-12-17(20)22(35-38)36-13-16(14-36)26(28,29)30)21(32)19(11-31)34-23(39)37-9-2-1-6-25(37)7-8-25/h10-12,16,31H,1-9,13-15,32H2,(H,34,39)/b21-19+,31-11?. The molecule has 210 valence electrons. The highest BCUT2D eigenvalue weighted by Crippen LogP contribution is 2.48. The molecular formula is C26H32F4N8O. The minimum Gasteiger partial charge on any atom is -0.395 e. The summed E-state index contributed by atoms with van der Waals surface area (Å²) in [5.74, 6) is -1.11. The molecule has 4 aliphatic rings. The van der Waals surface area contributed by atoms with Gasteiger partial charge in [0.25, 0.3) is 0 Å². The van der Waals surface area contributed by atoms with E-state index in [2.05, 4.69) is 15.4 Å². The molecule has 0 aromatic carbocycles. The first-order valence-electron chi connectivity index (χ1n) is 13.5. The van der Waals surface area contributed by atoms with Crippen molar-refractivity contribution in [1.29, 1.82) is 5.41 Å². The Morgan fingerprint density at radius 1 is 1.18 bits per heavy atom. The minimum absolute atomic E-state index is 0.0294. The second-order valence-electron chi connectivity index (χ2n) is 11.5. The van der Waals surface area contributed by atoms with Gasteiger partial charge in [-0.1, -0.05) is 0 Å². The number of nitrogens with two attached hydrogens (primary N) is 1. The van der Waals surface area contributed by atoms with Crippen LogP contribution in [-0.2, 0) is 6.54 Å². The van der Waals surface area contributed by atoms with E-state index in [1.54, 1.807) is 6.07 Å². The molecule has 2 amide bonds. The van der Waals surface area contributed by atoms with Crippen LogP contribution in [0.4, 0.5) is 28.2 Å². The minimum atomic E-state index is -4.28. The molecule has 39 heavy (non-hydrogen) atoms. The molecule has 2 saturated heterocycles. The van der Waals surface area contributed by atoms with Gasteiger partial charge < -0.3 is 26.3 Å². The summed E-state index contributed by atoms with van der Waals surface area (Å²) in [6.45, 7) is 0.183. The molecule has 0 unspecified atom stereocenters. The molecule has 13 heteroatoms. The zero-order chi connectivity index (χ0) is 27.6. The summed E-state index contributed by atoms with van der Waals surface area (Å²) in [5.41, 5.74) is 5.77. The molecule has 4 heterocycles. The third-order valence-corrected chi connectivity index (χ3v) is 8.81. The number of anilines is 1. The van der Waals surface area contributed by atoms with Gasteiger partial charge in [-0.3, -0.25) is 9.67 Å². The number of nitrogens with one attached hydrogen (secondary N) is 2. The van der Waals surface area contributed by atoms with Gasteiger partial charge in [-0.2, -0.15) is 18.3 Å². The highest BCUT2D eigenvalue weighted by Gasteiger charge is 2.51. The molecule has 2 aliphatic carbocycles. The van der Waals surface area contributed by atoms with E-state index in [1.807, 2.05) is 4.90 Å². The zero-order valence-corrected chi connectivity index (χ0v) is 21.5. The van der Waals surface area contributed by atoms with Gasteiger partial charge in [0.05, 0.1) is 40.5 Å².